The second kappa shape index (κ2) is 4.80. The van der Waals surface area contributed by atoms with Crippen LogP contribution in [-0.2, 0) is 0 Å². The average Bonchev–Trinajstić information content (AvgIpc) is 2.97. The van der Waals surface area contributed by atoms with Crippen LogP contribution in [0.1, 0.15) is 5.82 Å². The van der Waals surface area contributed by atoms with Gasteiger partial charge in [-0.15, -0.1) is 0 Å². The zero-order valence-corrected chi connectivity index (χ0v) is 12.3. The lowest BCUT2D eigenvalue weighted by molar-refractivity contribution is 0.397. The monoisotopic (exact) mass is 290 g/mol. The fourth-order valence-electron chi connectivity index (χ4n) is 2.72. The molecule has 0 spiro atoms. The molecule has 0 bridgehead atoms. The number of hydrogen-bond donors (Lipinski definition) is 0. The van der Waals surface area contributed by atoms with Crippen LogP contribution < -0.4 is 4.74 Å². The van der Waals surface area contributed by atoms with E-state index in [9.17, 15) is 0 Å². The van der Waals surface area contributed by atoms with Gasteiger partial charge in [0.15, 0.2) is 0 Å². The van der Waals surface area contributed by atoms with Crippen LogP contribution in [0.2, 0.25) is 0 Å². The molecule has 0 saturated heterocycles. The molecule has 0 unspecified atom stereocenters. The third-order valence-electron chi connectivity index (χ3n) is 3.69. The van der Waals surface area contributed by atoms with E-state index in [1.165, 1.54) is 0 Å². The Hall–Kier alpha value is -2.95. The summed E-state index contributed by atoms with van der Waals surface area (Å²) in [6, 6.07) is 12.2. The molecule has 3 heterocycles. The van der Waals surface area contributed by atoms with Crippen LogP contribution in [-0.4, -0.2) is 26.7 Å². The molecule has 4 rings (SSSR count). The Labute approximate surface area is 127 Å². The van der Waals surface area contributed by atoms with Gasteiger partial charge in [-0.1, -0.05) is 12.1 Å². The molecule has 0 fully saturated rings. The summed E-state index contributed by atoms with van der Waals surface area (Å²) in [5.74, 6) is 1.26. The molecule has 0 atom stereocenters. The zero-order chi connectivity index (χ0) is 15.1. The smallest absolute Gasteiger partial charge is 0.242 e. The minimum absolute atomic E-state index is 0.582. The highest BCUT2D eigenvalue weighted by Crippen LogP contribution is 2.32. The molecule has 0 N–H and O–H groups in total. The zero-order valence-electron chi connectivity index (χ0n) is 12.3. The van der Waals surface area contributed by atoms with Crippen LogP contribution in [0.25, 0.3) is 27.5 Å². The van der Waals surface area contributed by atoms with E-state index in [0.717, 1.165) is 27.5 Å². The Morgan fingerprint density at radius 3 is 2.91 bits per heavy atom. The number of pyridine rings is 1. The van der Waals surface area contributed by atoms with Crippen LogP contribution in [0.15, 0.2) is 48.8 Å². The van der Waals surface area contributed by atoms with Gasteiger partial charge in [0.25, 0.3) is 0 Å². The third-order valence-corrected chi connectivity index (χ3v) is 3.69. The van der Waals surface area contributed by atoms with Gasteiger partial charge in [-0.2, -0.15) is 10.1 Å². The Kier molecular flexibility index (Phi) is 2.79. The number of fused-ring (bicyclic) bond motifs is 2. The molecular weight excluding hydrogens is 276 g/mol. The van der Waals surface area contributed by atoms with Crippen molar-refractivity contribution in [1.29, 1.82) is 0 Å². The highest BCUT2D eigenvalue weighted by atomic mass is 16.5. The van der Waals surface area contributed by atoms with Crippen molar-refractivity contribution in [2.75, 3.05) is 7.11 Å². The minimum Gasteiger partial charge on any atom is -0.479 e. The van der Waals surface area contributed by atoms with Gasteiger partial charge in [-0.3, -0.25) is 4.98 Å². The number of hydrogen-bond acceptors (Lipinski definition) is 4. The lowest BCUT2D eigenvalue weighted by atomic mass is 10.0. The second-order valence-corrected chi connectivity index (χ2v) is 5.10. The Balaban J connectivity index is 1.99. The van der Waals surface area contributed by atoms with E-state index in [4.69, 9.17) is 4.74 Å². The first-order valence-corrected chi connectivity index (χ1v) is 7.01. The van der Waals surface area contributed by atoms with Crippen molar-refractivity contribution in [3.8, 4) is 17.0 Å². The molecule has 5 nitrogen and oxygen atoms in total. The minimum atomic E-state index is 0.582. The quantitative estimate of drug-likeness (QED) is 0.568. The van der Waals surface area contributed by atoms with Crippen molar-refractivity contribution >= 4 is 16.4 Å². The molecule has 5 heteroatoms. The Morgan fingerprint density at radius 1 is 1.14 bits per heavy atom. The lowest BCUT2D eigenvalue weighted by Crippen LogP contribution is -2.00. The summed E-state index contributed by atoms with van der Waals surface area (Å²) in [5.41, 5.74) is 3.99. The average molecular weight is 290 g/mol. The van der Waals surface area contributed by atoms with Crippen molar-refractivity contribution in [3.63, 3.8) is 0 Å². The number of nitrogens with zero attached hydrogens (tertiary/aromatic N) is 4. The van der Waals surface area contributed by atoms with Gasteiger partial charge in [-0.05, 0) is 36.8 Å². The Morgan fingerprint density at radius 2 is 2.05 bits per heavy atom. The number of benzene rings is 1. The Bertz CT molecular complexity index is 990. The largest absolute Gasteiger partial charge is 0.479 e. The standard InChI is InChI=1S/C17H14N4O/c1-11-19-17(22-2)16-14(7-9-21(16)20-11)12-5-6-15-13(10-12)4-3-8-18-15/h3-10H,1-2H3. The van der Waals surface area contributed by atoms with Crippen molar-refractivity contribution in [1.82, 2.24) is 19.6 Å². The molecule has 0 radical (unpaired) electrons. The normalized spacial score (nSPS) is 11.2. The topological polar surface area (TPSA) is 52.3 Å². The highest BCUT2D eigenvalue weighted by Gasteiger charge is 2.13. The third kappa shape index (κ3) is 1.90. The molecule has 4 aromatic rings. The number of ether oxygens (including phenoxy) is 1. The van der Waals surface area contributed by atoms with Crippen molar-refractivity contribution in [2.24, 2.45) is 0 Å². The molecule has 0 aliphatic carbocycles. The molecule has 22 heavy (non-hydrogen) atoms. The first-order chi connectivity index (χ1) is 10.8. The fourth-order valence-corrected chi connectivity index (χ4v) is 2.72. The summed E-state index contributed by atoms with van der Waals surface area (Å²) >= 11 is 0. The van der Waals surface area contributed by atoms with E-state index in [2.05, 4.69) is 33.3 Å². The molecule has 0 aliphatic rings. The summed E-state index contributed by atoms with van der Waals surface area (Å²) < 4.78 is 7.24. The molecule has 0 saturated carbocycles. The van der Waals surface area contributed by atoms with Gasteiger partial charge in [-0.25, -0.2) is 4.52 Å². The summed E-state index contributed by atoms with van der Waals surface area (Å²) in [6.07, 6.45) is 3.73. The van der Waals surface area contributed by atoms with E-state index in [0.29, 0.717) is 11.7 Å². The maximum atomic E-state index is 5.43. The van der Waals surface area contributed by atoms with Gasteiger partial charge < -0.3 is 4.74 Å². The number of aromatic nitrogens is 4. The molecule has 108 valence electrons. The lowest BCUT2D eigenvalue weighted by Gasteiger charge is -2.07. The first kappa shape index (κ1) is 12.8. The summed E-state index contributed by atoms with van der Waals surface area (Å²) in [6.45, 7) is 1.85. The van der Waals surface area contributed by atoms with Crippen molar-refractivity contribution in [3.05, 3.63) is 54.6 Å². The summed E-state index contributed by atoms with van der Waals surface area (Å²) in [7, 11) is 1.63. The maximum Gasteiger partial charge on any atom is 0.242 e. The first-order valence-electron chi connectivity index (χ1n) is 7.01. The van der Waals surface area contributed by atoms with Crippen LogP contribution in [0.3, 0.4) is 0 Å². The number of rotatable bonds is 2. The SMILES string of the molecule is COc1nc(C)nn2ccc(-c3ccc4ncccc4c3)c12. The van der Waals surface area contributed by atoms with Gasteiger partial charge in [0.1, 0.15) is 11.3 Å². The second-order valence-electron chi connectivity index (χ2n) is 5.10. The van der Waals surface area contributed by atoms with Crippen LogP contribution in [0, 0.1) is 6.92 Å². The maximum absolute atomic E-state index is 5.43. The number of methoxy groups -OCH3 is 1. The molecule has 0 aliphatic heterocycles. The highest BCUT2D eigenvalue weighted by molar-refractivity contribution is 5.90. The van der Waals surface area contributed by atoms with Crippen LogP contribution in [0.4, 0.5) is 0 Å². The van der Waals surface area contributed by atoms with Crippen molar-refractivity contribution in [2.45, 2.75) is 6.92 Å². The van der Waals surface area contributed by atoms with Gasteiger partial charge in [0, 0.05) is 23.3 Å². The summed E-state index contributed by atoms with van der Waals surface area (Å²) in [4.78, 5) is 8.73. The van der Waals surface area contributed by atoms with Crippen LogP contribution in [0.5, 0.6) is 5.88 Å². The van der Waals surface area contributed by atoms with E-state index < -0.39 is 0 Å². The van der Waals surface area contributed by atoms with E-state index in [1.54, 1.807) is 13.3 Å². The van der Waals surface area contributed by atoms with E-state index >= 15 is 0 Å². The van der Waals surface area contributed by atoms with Crippen molar-refractivity contribution < 1.29 is 4.74 Å². The van der Waals surface area contributed by atoms with E-state index in [1.807, 2.05) is 35.8 Å². The molecule has 3 aromatic heterocycles. The molecular formula is C17H14N4O. The molecule has 0 amide bonds. The fraction of sp³-hybridized carbons (Fsp3) is 0.118. The number of aryl methyl sites for hydroxylation is 1. The van der Waals surface area contributed by atoms with Gasteiger partial charge >= 0.3 is 0 Å². The van der Waals surface area contributed by atoms with Crippen LogP contribution >= 0.6 is 0 Å². The van der Waals surface area contributed by atoms with Gasteiger partial charge in [0.2, 0.25) is 5.88 Å². The molecule has 1 aromatic carbocycles. The predicted octanol–water partition coefficient (Wildman–Crippen LogP) is 3.26. The predicted molar refractivity (Wildman–Crippen MR) is 85.0 cm³/mol. The summed E-state index contributed by atoms with van der Waals surface area (Å²) in [5, 5.41) is 5.51. The van der Waals surface area contributed by atoms with E-state index in [-0.39, 0.29) is 0 Å². The van der Waals surface area contributed by atoms with Gasteiger partial charge in [0.05, 0.1) is 12.6 Å².